The predicted octanol–water partition coefficient (Wildman–Crippen LogP) is 0.987. The first kappa shape index (κ1) is 29.0. The SMILES string of the molecule is O=C(Nc1ccc(S(=O)(=O)O)c2cc(S(=O)(=O)O)cc(S(=O)(=O)O)c12)c1ccc([N+](=O)[O-])cc1S(=O)(=O)O. The van der Waals surface area contributed by atoms with Crippen LogP contribution in [-0.4, -0.2) is 62.7 Å². The second-order valence-electron chi connectivity index (χ2n) is 7.25. The molecule has 0 aromatic heterocycles. The van der Waals surface area contributed by atoms with Crippen molar-refractivity contribution in [1.29, 1.82) is 0 Å². The van der Waals surface area contributed by atoms with Crippen LogP contribution < -0.4 is 5.32 Å². The second kappa shape index (κ2) is 9.32. The Morgan fingerprint density at radius 3 is 1.74 bits per heavy atom. The maximum Gasteiger partial charge on any atom is 0.295 e. The molecule has 1 amide bonds. The molecule has 21 heteroatoms. The normalized spacial score (nSPS) is 12.8. The van der Waals surface area contributed by atoms with Crippen LogP contribution in [0.2, 0.25) is 0 Å². The number of anilines is 1. The molecule has 0 aliphatic carbocycles. The zero-order valence-electron chi connectivity index (χ0n) is 17.9. The maximum atomic E-state index is 12.9. The molecule has 204 valence electrons. The highest BCUT2D eigenvalue weighted by molar-refractivity contribution is 7.87. The number of carbonyl (C=O) groups excluding carboxylic acids is 1. The summed E-state index contributed by atoms with van der Waals surface area (Å²) < 4.78 is 133. The monoisotopic (exact) mass is 612 g/mol. The van der Waals surface area contributed by atoms with Gasteiger partial charge >= 0.3 is 0 Å². The molecule has 3 aromatic carbocycles. The number of rotatable bonds is 7. The molecule has 0 aliphatic rings. The van der Waals surface area contributed by atoms with E-state index in [1.165, 1.54) is 0 Å². The number of amides is 1. The third kappa shape index (κ3) is 5.78. The molecule has 3 aromatic rings. The van der Waals surface area contributed by atoms with E-state index in [1.807, 2.05) is 5.32 Å². The van der Waals surface area contributed by atoms with E-state index in [1.54, 1.807) is 0 Å². The first-order valence-corrected chi connectivity index (χ1v) is 15.0. The molecule has 0 bridgehead atoms. The van der Waals surface area contributed by atoms with Gasteiger partial charge in [0.1, 0.15) is 14.7 Å². The van der Waals surface area contributed by atoms with Crippen molar-refractivity contribution in [2.45, 2.75) is 19.6 Å². The van der Waals surface area contributed by atoms with Crippen molar-refractivity contribution < 1.29 is 61.6 Å². The van der Waals surface area contributed by atoms with Gasteiger partial charge in [0.05, 0.1) is 21.1 Å². The standard InChI is InChI=1S/C17H12N2O15S4/c20-17(10-2-1-8(19(21)22)5-14(10)37(29,30)31)18-12-3-4-13(36(26,27)28)11-6-9(35(23,24)25)7-15(16(11)12)38(32,33)34/h1-7H,(H,18,20)(H,23,24,25)(H,26,27,28)(H,29,30,31)(H,32,33,34). The van der Waals surface area contributed by atoms with Crippen LogP contribution in [0.4, 0.5) is 11.4 Å². The number of fused-ring (bicyclic) bond motifs is 1. The molecular formula is C17H12N2O15S4. The van der Waals surface area contributed by atoms with Crippen LogP contribution in [0.25, 0.3) is 10.8 Å². The zero-order valence-corrected chi connectivity index (χ0v) is 21.2. The van der Waals surface area contributed by atoms with E-state index in [0.717, 1.165) is 0 Å². The van der Waals surface area contributed by atoms with E-state index < -0.39 is 98.6 Å². The number of nitro groups is 1. The molecule has 0 spiro atoms. The van der Waals surface area contributed by atoms with Gasteiger partial charge in [0.25, 0.3) is 52.1 Å². The number of nitro benzene ring substituents is 1. The molecule has 0 radical (unpaired) electrons. The molecule has 0 heterocycles. The zero-order chi connectivity index (χ0) is 29.0. The molecule has 5 N–H and O–H groups in total. The van der Waals surface area contributed by atoms with Gasteiger partial charge in [-0.1, -0.05) is 0 Å². The fourth-order valence-electron chi connectivity index (χ4n) is 3.29. The Bertz CT molecular complexity index is 1980. The van der Waals surface area contributed by atoms with Gasteiger partial charge in [0.2, 0.25) is 0 Å². The summed E-state index contributed by atoms with van der Waals surface area (Å²) in [6, 6.07) is 3.47. The van der Waals surface area contributed by atoms with E-state index in [2.05, 4.69) is 0 Å². The van der Waals surface area contributed by atoms with Gasteiger partial charge in [0.15, 0.2) is 0 Å². The van der Waals surface area contributed by atoms with Gasteiger partial charge in [-0.05, 0) is 30.3 Å². The number of hydrogen-bond donors (Lipinski definition) is 5. The van der Waals surface area contributed by atoms with Crippen molar-refractivity contribution in [3.63, 3.8) is 0 Å². The number of hydrogen-bond acceptors (Lipinski definition) is 11. The Balaban J connectivity index is 2.41. The van der Waals surface area contributed by atoms with E-state index in [4.69, 9.17) is 0 Å². The van der Waals surface area contributed by atoms with Gasteiger partial charge in [-0.15, -0.1) is 0 Å². The van der Waals surface area contributed by atoms with Crippen molar-refractivity contribution >= 4 is 68.5 Å². The molecule has 0 fully saturated rings. The molecule has 17 nitrogen and oxygen atoms in total. The number of carbonyl (C=O) groups is 1. The minimum Gasteiger partial charge on any atom is -0.321 e. The van der Waals surface area contributed by atoms with Gasteiger partial charge < -0.3 is 5.32 Å². The van der Waals surface area contributed by atoms with Crippen molar-refractivity contribution in [1.82, 2.24) is 0 Å². The molecule has 0 unspecified atom stereocenters. The van der Waals surface area contributed by atoms with Crippen LogP contribution in [0.1, 0.15) is 10.4 Å². The average molecular weight is 613 g/mol. The van der Waals surface area contributed by atoms with Crippen molar-refractivity contribution in [2.75, 3.05) is 5.32 Å². The summed E-state index contributed by atoms with van der Waals surface area (Å²) in [5.74, 6) is -1.46. The Kier molecular flexibility index (Phi) is 7.11. The fraction of sp³-hybridized carbons (Fsp3) is 0. The largest absolute Gasteiger partial charge is 0.321 e. The lowest BCUT2D eigenvalue weighted by Crippen LogP contribution is -2.17. The van der Waals surface area contributed by atoms with Gasteiger partial charge in [0, 0.05) is 22.9 Å². The van der Waals surface area contributed by atoms with Gasteiger partial charge in [-0.2, -0.15) is 33.7 Å². The summed E-state index contributed by atoms with van der Waals surface area (Å²) in [5, 5.41) is 11.1. The van der Waals surface area contributed by atoms with Crippen LogP contribution in [0, 0.1) is 10.1 Å². The van der Waals surface area contributed by atoms with Crippen LogP contribution in [0.15, 0.2) is 62.0 Å². The topological polar surface area (TPSA) is 290 Å². The minimum absolute atomic E-state index is 0.200. The summed E-state index contributed by atoms with van der Waals surface area (Å²) in [6.07, 6.45) is 0. The third-order valence-corrected chi connectivity index (χ3v) is 8.33. The van der Waals surface area contributed by atoms with E-state index in [0.29, 0.717) is 36.4 Å². The van der Waals surface area contributed by atoms with E-state index in [9.17, 15) is 66.8 Å². The molecule has 0 saturated carbocycles. The van der Waals surface area contributed by atoms with E-state index >= 15 is 0 Å². The molecule has 0 saturated heterocycles. The Morgan fingerprint density at radius 2 is 1.26 bits per heavy atom. The highest BCUT2D eigenvalue weighted by atomic mass is 32.2. The lowest BCUT2D eigenvalue weighted by molar-refractivity contribution is -0.385. The van der Waals surface area contributed by atoms with Gasteiger partial charge in [-0.25, -0.2) is 0 Å². The summed E-state index contributed by atoms with van der Waals surface area (Å²) in [5.41, 5.74) is -2.47. The van der Waals surface area contributed by atoms with E-state index in [-0.39, 0.29) is 6.07 Å². The van der Waals surface area contributed by atoms with Crippen LogP contribution in [0.5, 0.6) is 0 Å². The molecule has 3 rings (SSSR count). The number of benzene rings is 3. The van der Waals surface area contributed by atoms with Crippen LogP contribution in [0.3, 0.4) is 0 Å². The summed E-state index contributed by atoms with van der Waals surface area (Å²) in [6.45, 7) is 0. The second-order valence-corrected chi connectivity index (χ2v) is 12.8. The van der Waals surface area contributed by atoms with Crippen LogP contribution >= 0.6 is 0 Å². The summed E-state index contributed by atoms with van der Waals surface area (Å²) >= 11 is 0. The lowest BCUT2D eigenvalue weighted by Gasteiger charge is -2.15. The molecule has 0 atom stereocenters. The van der Waals surface area contributed by atoms with Crippen molar-refractivity contribution in [3.05, 3.63) is 58.1 Å². The van der Waals surface area contributed by atoms with Crippen LogP contribution in [-0.2, 0) is 40.5 Å². The van der Waals surface area contributed by atoms with Crippen molar-refractivity contribution in [3.8, 4) is 0 Å². The number of non-ortho nitro benzene ring substituents is 1. The fourth-order valence-corrected chi connectivity index (χ4v) is 6.04. The first-order valence-electron chi connectivity index (χ1n) is 9.23. The Labute approximate surface area is 212 Å². The summed E-state index contributed by atoms with van der Waals surface area (Å²) in [7, 11) is -21.2. The summed E-state index contributed by atoms with van der Waals surface area (Å²) in [4.78, 5) is 17.8. The quantitative estimate of drug-likeness (QED) is 0.141. The minimum atomic E-state index is -5.46. The highest BCUT2D eigenvalue weighted by Crippen LogP contribution is 2.37. The first-order chi connectivity index (χ1) is 17.1. The molecule has 0 aliphatic heterocycles. The average Bonchev–Trinajstić information content (AvgIpc) is 2.75. The third-order valence-electron chi connectivity index (χ3n) is 4.81. The molecular weight excluding hydrogens is 600 g/mol. The van der Waals surface area contributed by atoms with Gasteiger partial charge in [-0.3, -0.25) is 33.1 Å². The number of nitrogens with one attached hydrogen (secondary N) is 1. The maximum absolute atomic E-state index is 12.9. The molecule has 38 heavy (non-hydrogen) atoms. The number of nitrogens with zero attached hydrogens (tertiary/aromatic N) is 1. The predicted molar refractivity (Wildman–Crippen MR) is 124 cm³/mol. The highest BCUT2D eigenvalue weighted by Gasteiger charge is 2.29. The Morgan fingerprint density at radius 1 is 0.711 bits per heavy atom. The lowest BCUT2D eigenvalue weighted by atomic mass is 10.1. The van der Waals surface area contributed by atoms with Crippen molar-refractivity contribution in [2.24, 2.45) is 0 Å². The smallest absolute Gasteiger partial charge is 0.295 e. The Hall–Kier alpha value is -3.57.